The molecule has 1 aromatic heterocycles. The minimum absolute atomic E-state index is 0.0683. The number of halogens is 1. The van der Waals surface area contributed by atoms with Gasteiger partial charge in [0.2, 0.25) is 0 Å². The van der Waals surface area contributed by atoms with Gasteiger partial charge in [0.1, 0.15) is 17.9 Å². The van der Waals surface area contributed by atoms with Crippen LogP contribution >= 0.6 is 0 Å². The summed E-state index contributed by atoms with van der Waals surface area (Å²) in [5.74, 6) is 0.500. The van der Waals surface area contributed by atoms with Crippen LogP contribution in [-0.2, 0) is 10.2 Å². The molecule has 0 unspecified atom stereocenters. The van der Waals surface area contributed by atoms with E-state index in [9.17, 15) is 17.6 Å². The maximum absolute atomic E-state index is 14.4. The summed E-state index contributed by atoms with van der Waals surface area (Å²) in [4.78, 5) is 24.3. The lowest BCUT2D eigenvalue weighted by Crippen LogP contribution is -2.62. The number of hydrogen-bond acceptors (Lipinski definition) is 10. The minimum Gasteiger partial charge on any atom is -0.434 e. The molecule has 1 amide bonds. The van der Waals surface area contributed by atoms with Gasteiger partial charge in [0, 0.05) is 77.0 Å². The Morgan fingerprint density at radius 3 is 2.45 bits per heavy atom. The van der Waals surface area contributed by atoms with Gasteiger partial charge in [-0.2, -0.15) is 17.0 Å². The third-order valence-electron chi connectivity index (χ3n) is 10.1. The Bertz CT molecular complexity index is 1540. The van der Waals surface area contributed by atoms with Gasteiger partial charge in [0.15, 0.2) is 5.82 Å². The fourth-order valence-electron chi connectivity index (χ4n) is 7.81. The number of likely N-dealkylation sites (tertiary alicyclic amines) is 1. The van der Waals surface area contributed by atoms with E-state index in [2.05, 4.69) is 25.0 Å². The van der Waals surface area contributed by atoms with E-state index in [1.54, 1.807) is 13.5 Å². The van der Waals surface area contributed by atoms with E-state index in [4.69, 9.17) is 10.5 Å². The molecule has 2 N–H and O–H groups in total. The quantitative estimate of drug-likeness (QED) is 0.400. The van der Waals surface area contributed by atoms with Crippen molar-refractivity contribution in [3.05, 3.63) is 35.9 Å². The number of ether oxygens (including phenoxy) is 1. The number of benzene rings is 1. The number of carbonyl (C=O) groups is 1. The number of aromatic nitrogens is 3. The first kappa shape index (κ1) is 33.9. The zero-order valence-corrected chi connectivity index (χ0v) is 28.7. The molecule has 4 aliphatic heterocycles. The molecule has 4 aliphatic rings. The van der Waals surface area contributed by atoms with Gasteiger partial charge in [-0.05, 0) is 82.9 Å². The van der Waals surface area contributed by atoms with E-state index < -0.39 is 16.0 Å². The highest BCUT2D eigenvalue weighted by Gasteiger charge is 2.48. The molecule has 0 aliphatic carbocycles. The molecule has 4 fully saturated rings. The van der Waals surface area contributed by atoms with Crippen LogP contribution in [0.1, 0.15) is 63.7 Å². The number of nitrogens with two attached hydrogens (primary N) is 1. The van der Waals surface area contributed by atoms with Crippen LogP contribution in [0.2, 0.25) is 0 Å². The lowest BCUT2D eigenvalue weighted by molar-refractivity contribution is -0.0412. The summed E-state index contributed by atoms with van der Waals surface area (Å²) < 4.78 is 49.9. The monoisotopic (exact) mass is 673 g/mol. The van der Waals surface area contributed by atoms with Gasteiger partial charge in [-0.25, -0.2) is 9.37 Å². The topological polar surface area (TPSA) is 141 Å². The summed E-state index contributed by atoms with van der Waals surface area (Å²) >= 11 is 0. The predicted molar refractivity (Wildman–Crippen MR) is 176 cm³/mol. The molecular formula is C32H48FN9O4S. The largest absolute Gasteiger partial charge is 0.434 e. The molecule has 47 heavy (non-hydrogen) atoms. The summed E-state index contributed by atoms with van der Waals surface area (Å²) in [6.07, 6.45) is 4.85. The average molecular weight is 674 g/mol. The maximum atomic E-state index is 14.4. The van der Waals surface area contributed by atoms with E-state index >= 15 is 0 Å². The second-order valence-corrected chi connectivity index (χ2v) is 16.2. The first-order valence-corrected chi connectivity index (χ1v) is 18.2. The van der Waals surface area contributed by atoms with Crippen LogP contribution in [-0.4, -0.2) is 125 Å². The second kappa shape index (κ2) is 13.5. The number of nitrogens with zero attached hydrogens (tertiary/aromatic N) is 8. The SMILES string of the molecule is CC(C)N(C(=O)c1cc(F)ccc1Oc1nncnc1N1CC[C@@H](CN2CC3(CCN(S(=O)(=O)N4CC[C@@H](N)C4)CC3)C2)C1)C(C)C. The fraction of sp³-hybridized carbons (Fsp3) is 0.688. The summed E-state index contributed by atoms with van der Waals surface area (Å²) in [6.45, 7) is 14.2. The number of anilines is 1. The van der Waals surface area contributed by atoms with Crippen molar-refractivity contribution in [1.29, 1.82) is 0 Å². The molecule has 1 spiro atoms. The number of hydrogen-bond donors (Lipinski definition) is 1. The first-order valence-electron chi connectivity index (χ1n) is 16.8. The standard InChI is InChI=1S/C32H48FN9O4S/c1-22(2)42(23(3)4)31(43)27-15-25(33)5-6-28(27)46-30-29(35-21-36-37-30)39-11-7-24(17-39)16-38-19-32(20-38)9-13-40(14-10-32)47(44,45)41-12-8-26(34)18-41/h5-6,15,21-24,26H,7-14,16-20,34H2,1-4H3/t24-,26+/m0/s1. The Balaban J connectivity index is 1.05. The molecule has 0 saturated carbocycles. The van der Waals surface area contributed by atoms with E-state index in [1.807, 2.05) is 27.7 Å². The highest BCUT2D eigenvalue weighted by atomic mass is 32.2. The van der Waals surface area contributed by atoms with Crippen LogP contribution in [0.3, 0.4) is 0 Å². The Kier molecular flexibility index (Phi) is 9.74. The van der Waals surface area contributed by atoms with Crippen LogP contribution in [0.15, 0.2) is 24.5 Å². The van der Waals surface area contributed by atoms with E-state index in [0.29, 0.717) is 37.9 Å². The number of carbonyl (C=O) groups excluding carboxylic acids is 1. The van der Waals surface area contributed by atoms with Crippen LogP contribution in [0.25, 0.3) is 0 Å². The van der Waals surface area contributed by atoms with Gasteiger partial charge in [-0.1, -0.05) is 0 Å². The Morgan fingerprint density at radius 2 is 1.79 bits per heavy atom. The zero-order chi connectivity index (χ0) is 33.5. The number of rotatable bonds is 10. The maximum Gasteiger partial charge on any atom is 0.282 e. The molecule has 15 heteroatoms. The normalized spacial score (nSPS) is 24.0. The van der Waals surface area contributed by atoms with Crippen molar-refractivity contribution in [3.63, 3.8) is 0 Å². The average Bonchev–Trinajstić information content (AvgIpc) is 3.67. The lowest BCUT2D eigenvalue weighted by Gasteiger charge is -2.54. The van der Waals surface area contributed by atoms with Crippen LogP contribution in [0.5, 0.6) is 11.6 Å². The third kappa shape index (κ3) is 7.09. The molecule has 0 radical (unpaired) electrons. The molecule has 2 atom stereocenters. The van der Waals surface area contributed by atoms with Gasteiger partial charge in [0.05, 0.1) is 5.56 Å². The van der Waals surface area contributed by atoms with Crippen LogP contribution in [0.4, 0.5) is 10.2 Å². The van der Waals surface area contributed by atoms with E-state index in [0.717, 1.165) is 58.4 Å². The summed E-state index contributed by atoms with van der Waals surface area (Å²) in [6, 6.07) is 3.69. The van der Waals surface area contributed by atoms with E-state index in [-0.39, 0.29) is 46.6 Å². The molecule has 4 saturated heterocycles. The molecule has 2 aromatic rings. The lowest BCUT2D eigenvalue weighted by atomic mass is 9.72. The molecule has 0 bridgehead atoms. The second-order valence-electron chi connectivity index (χ2n) is 14.3. The smallest absolute Gasteiger partial charge is 0.282 e. The van der Waals surface area contributed by atoms with Crippen molar-refractivity contribution in [2.45, 2.75) is 71.5 Å². The van der Waals surface area contributed by atoms with Gasteiger partial charge in [0.25, 0.3) is 22.0 Å². The summed E-state index contributed by atoms with van der Waals surface area (Å²) in [7, 11) is -3.43. The van der Waals surface area contributed by atoms with Crippen molar-refractivity contribution in [2.75, 3.05) is 63.8 Å². The summed E-state index contributed by atoms with van der Waals surface area (Å²) in [5, 5.41) is 8.16. The molecule has 1 aromatic carbocycles. The highest BCUT2D eigenvalue weighted by molar-refractivity contribution is 7.86. The first-order chi connectivity index (χ1) is 22.3. The molecule has 13 nitrogen and oxygen atoms in total. The number of piperidine rings is 1. The zero-order valence-electron chi connectivity index (χ0n) is 27.9. The Morgan fingerprint density at radius 1 is 1.06 bits per heavy atom. The number of amides is 1. The summed E-state index contributed by atoms with van der Waals surface area (Å²) in [5.41, 5.74) is 6.27. The highest BCUT2D eigenvalue weighted by Crippen LogP contribution is 2.42. The van der Waals surface area contributed by atoms with E-state index in [1.165, 1.54) is 24.5 Å². The third-order valence-corrected chi connectivity index (χ3v) is 12.1. The molecule has 258 valence electrons. The van der Waals surface area contributed by atoms with Crippen molar-refractivity contribution in [1.82, 2.24) is 33.6 Å². The fourth-order valence-corrected chi connectivity index (χ4v) is 9.50. The van der Waals surface area contributed by atoms with Crippen molar-refractivity contribution < 1.29 is 22.3 Å². The van der Waals surface area contributed by atoms with Gasteiger partial charge in [-0.3, -0.25) is 4.79 Å². The minimum atomic E-state index is -3.43. The molecule has 6 rings (SSSR count). The van der Waals surface area contributed by atoms with Crippen LogP contribution in [0, 0.1) is 17.2 Å². The van der Waals surface area contributed by atoms with Crippen LogP contribution < -0.4 is 15.4 Å². The predicted octanol–water partition coefficient (Wildman–Crippen LogP) is 2.56. The van der Waals surface area contributed by atoms with Gasteiger partial charge < -0.3 is 25.2 Å². The molecular weight excluding hydrogens is 625 g/mol. The van der Waals surface area contributed by atoms with Crippen molar-refractivity contribution >= 4 is 21.9 Å². The van der Waals surface area contributed by atoms with Crippen molar-refractivity contribution in [2.24, 2.45) is 17.1 Å². The van der Waals surface area contributed by atoms with Gasteiger partial charge >= 0.3 is 0 Å². The Labute approximate surface area is 277 Å². The molecule has 5 heterocycles. The Hall–Kier alpha value is -2.98. The van der Waals surface area contributed by atoms with Gasteiger partial charge in [-0.15, -0.1) is 10.2 Å². The van der Waals surface area contributed by atoms with Crippen molar-refractivity contribution in [3.8, 4) is 11.6 Å².